The average Bonchev–Trinajstić information content (AvgIpc) is 3.14. The Balaban J connectivity index is 0.000000970. The highest BCUT2D eigenvalue weighted by Gasteiger charge is 2.37. The second-order valence-electron chi connectivity index (χ2n) is 8.87. The van der Waals surface area contributed by atoms with Gasteiger partial charge in [-0.25, -0.2) is 13.2 Å². The SMILES string of the molecule is CC.CC.CC(C)Oc1cc(F)c(C2c3[nH]c4ccccc4c3CCN2CC(C)(C)F)c(F)c1. The zero-order valence-corrected chi connectivity index (χ0v) is 21.7. The third-order valence-corrected chi connectivity index (χ3v) is 5.41. The Morgan fingerprint density at radius 3 is 2.21 bits per heavy atom. The van der Waals surface area contributed by atoms with Crippen molar-refractivity contribution in [2.75, 3.05) is 13.1 Å². The molecule has 0 saturated heterocycles. The van der Waals surface area contributed by atoms with Crippen molar-refractivity contribution in [3.8, 4) is 5.75 Å². The molecule has 1 unspecified atom stereocenters. The molecular formula is C28H39F3N2O. The Morgan fingerprint density at radius 2 is 1.65 bits per heavy atom. The lowest BCUT2D eigenvalue weighted by Gasteiger charge is -2.38. The summed E-state index contributed by atoms with van der Waals surface area (Å²) in [7, 11) is 0. The Bertz CT molecular complexity index is 1050. The minimum Gasteiger partial charge on any atom is -0.491 e. The quantitative estimate of drug-likeness (QED) is 0.404. The molecule has 1 N–H and O–H groups in total. The maximum Gasteiger partial charge on any atom is 0.135 e. The van der Waals surface area contributed by atoms with Gasteiger partial charge in [-0.3, -0.25) is 4.90 Å². The monoisotopic (exact) mass is 476 g/mol. The van der Waals surface area contributed by atoms with E-state index in [2.05, 4.69) is 4.98 Å². The minimum atomic E-state index is -1.50. The highest BCUT2D eigenvalue weighted by Crippen LogP contribution is 2.41. The van der Waals surface area contributed by atoms with E-state index in [4.69, 9.17) is 4.74 Å². The van der Waals surface area contributed by atoms with Gasteiger partial charge in [-0.05, 0) is 45.7 Å². The standard InChI is InChI=1S/C24H27F3N2O.2C2H6/c1-14(2)30-15-11-18(25)21(19(26)12-15)23-22-17(9-10-29(23)13-24(3,4)27)16-7-5-6-8-20(16)28-22;2*1-2/h5-8,11-12,14,23,28H,9-10,13H2,1-4H3;2*1-2H3. The Labute approximate surface area is 202 Å². The van der Waals surface area contributed by atoms with E-state index in [1.807, 2.05) is 56.9 Å². The summed E-state index contributed by atoms with van der Waals surface area (Å²) in [6.07, 6.45) is 0.484. The molecule has 0 radical (unpaired) electrons. The van der Waals surface area contributed by atoms with E-state index < -0.39 is 23.3 Å². The van der Waals surface area contributed by atoms with Gasteiger partial charge in [-0.1, -0.05) is 45.9 Å². The molecule has 1 aromatic heterocycles. The van der Waals surface area contributed by atoms with E-state index in [1.165, 1.54) is 26.0 Å². The second kappa shape index (κ2) is 11.8. The first-order valence-electron chi connectivity index (χ1n) is 12.3. The molecule has 34 heavy (non-hydrogen) atoms. The van der Waals surface area contributed by atoms with Crippen LogP contribution in [0.4, 0.5) is 13.2 Å². The van der Waals surface area contributed by atoms with Crippen molar-refractivity contribution < 1.29 is 17.9 Å². The Kier molecular flexibility index (Phi) is 9.63. The van der Waals surface area contributed by atoms with E-state index in [1.54, 1.807) is 13.8 Å². The van der Waals surface area contributed by atoms with Crippen molar-refractivity contribution in [2.45, 2.75) is 79.6 Å². The number of aromatic nitrogens is 1. The summed E-state index contributed by atoms with van der Waals surface area (Å²) in [5.41, 5.74) is 1.08. The van der Waals surface area contributed by atoms with Crippen LogP contribution in [0.15, 0.2) is 36.4 Å². The molecule has 0 fully saturated rings. The molecule has 0 bridgehead atoms. The molecule has 3 nitrogen and oxygen atoms in total. The van der Waals surface area contributed by atoms with Crippen molar-refractivity contribution in [3.05, 3.63) is 64.9 Å². The highest BCUT2D eigenvalue weighted by atomic mass is 19.1. The van der Waals surface area contributed by atoms with Crippen molar-refractivity contribution in [1.29, 1.82) is 0 Å². The van der Waals surface area contributed by atoms with Gasteiger partial charge in [0.15, 0.2) is 0 Å². The fourth-order valence-electron chi connectivity index (χ4n) is 4.43. The first-order chi connectivity index (χ1) is 16.1. The fraction of sp³-hybridized carbons (Fsp3) is 0.500. The van der Waals surface area contributed by atoms with Gasteiger partial charge >= 0.3 is 0 Å². The minimum absolute atomic E-state index is 0.0651. The smallest absolute Gasteiger partial charge is 0.135 e. The first-order valence-corrected chi connectivity index (χ1v) is 12.3. The van der Waals surface area contributed by atoms with Crippen molar-refractivity contribution in [2.24, 2.45) is 0 Å². The summed E-state index contributed by atoms with van der Waals surface area (Å²) in [6.45, 7) is 15.1. The molecule has 0 aliphatic carbocycles. The molecule has 3 aromatic rings. The zero-order chi connectivity index (χ0) is 25.6. The van der Waals surface area contributed by atoms with Crippen LogP contribution in [0.1, 0.15) is 78.3 Å². The average molecular weight is 477 g/mol. The lowest BCUT2D eigenvalue weighted by atomic mass is 9.90. The molecule has 1 aliphatic heterocycles. The van der Waals surface area contributed by atoms with Gasteiger partial charge in [0.05, 0.1) is 12.1 Å². The summed E-state index contributed by atoms with van der Waals surface area (Å²) >= 11 is 0. The molecule has 2 heterocycles. The van der Waals surface area contributed by atoms with Crippen LogP contribution in [0.3, 0.4) is 0 Å². The van der Waals surface area contributed by atoms with Gasteiger partial charge in [0, 0.05) is 47.4 Å². The molecule has 2 aromatic carbocycles. The van der Waals surface area contributed by atoms with Gasteiger partial charge in [-0.15, -0.1) is 0 Å². The van der Waals surface area contributed by atoms with Crippen LogP contribution in [0.5, 0.6) is 5.75 Å². The highest BCUT2D eigenvalue weighted by molar-refractivity contribution is 5.85. The van der Waals surface area contributed by atoms with Crippen molar-refractivity contribution >= 4 is 10.9 Å². The van der Waals surface area contributed by atoms with Crippen LogP contribution >= 0.6 is 0 Å². The number of ether oxygens (including phenoxy) is 1. The summed E-state index contributed by atoms with van der Waals surface area (Å²) < 4.78 is 50.6. The van der Waals surface area contributed by atoms with Crippen LogP contribution in [0, 0.1) is 11.6 Å². The molecule has 4 rings (SSSR count). The van der Waals surface area contributed by atoms with Crippen LogP contribution < -0.4 is 4.74 Å². The van der Waals surface area contributed by atoms with Crippen molar-refractivity contribution in [3.63, 3.8) is 0 Å². The predicted octanol–water partition coefficient (Wildman–Crippen LogP) is 7.98. The van der Waals surface area contributed by atoms with Crippen LogP contribution in [-0.4, -0.2) is 34.7 Å². The molecule has 6 heteroatoms. The maximum atomic E-state index is 15.2. The maximum absolute atomic E-state index is 15.2. The summed E-state index contributed by atoms with van der Waals surface area (Å²) in [5, 5.41) is 1.04. The Morgan fingerprint density at radius 1 is 1.06 bits per heavy atom. The number of H-pyrrole nitrogens is 1. The fourth-order valence-corrected chi connectivity index (χ4v) is 4.43. The second-order valence-corrected chi connectivity index (χ2v) is 8.87. The molecule has 1 atom stereocenters. The Hall–Kier alpha value is -2.47. The predicted molar refractivity (Wildman–Crippen MR) is 135 cm³/mol. The number of hydrogen-bond donors (Lipinski definition) is 1. The van der Waals surface area contributed by atoms with E-state index in [-0.39, 0.29) is 24.0 Å². The third-order valence-electron chi connectivity index (χ3n) is 5.41. The normalized spacial score (nSPS) is 15.8. The molecule has 188 valence electrons. The number of para-hydroxylation sites is 1. The van der Waals surface area contributed by atoms with E-state index in [0.717, 1.165) is 22.2 Å². The van der Waals surface area contributed by atoms with E-state index >= 15 is 8.78 Å². The number of fused-ring (bicyclic) bond motifs is 3. The molecular weight excluding hydrogens is 437 g/mol. The third kappa shape index (κ3) is 6.15. The summed E-state index contributed by atoms with van der Waals surface area (Å²) in [5.74, 6) is -1.23. The van der Waals surface area contributed by atoms with Gasteiger partial charge < -0.3 is 9.72 Å². The van der Waals surface area contributed by atoms with Gasteiger partial charge in [0.1, 0.15) is 23.1 Å². The van der Waals surface area contributed by atoms with Gasteiger partial charge in [0.2, 0.25) is 0 Å². The van der Waals surface area contributed by atoms with E-state index in [9.17, 15) is 4.39 Å². The summed E-state index contributed by atoms with van der Waals surface area (Å²) in [4.78, 5) is 5.17. The van der Waals surface area contributed by atoms with E-state index in [0.29, 0.717) is 13.0 Å². The lowest BCUT2D eigenvalue weighted by molar-refractivity contribution is 0.0961. The molecule has 0 saturated carbocycles. The number of hydrogen-bond acceptors (Lipinski definition) is 2. The lowest BCUT2D eigenvalue weighted by Crippen LogP contribution is -2.43. The molecule has 0 spiro atoms. The number of nitrogens with zero attached hydrogens (tertiary/aromatic N) is 1. The van der Waals surface area contributed by atoms with Gasteiger partial charge in [-0.2, -0.15) is 0 Å². The number of aromatic amines is 1. The van der Waals surface area contributed by atoms with Crippen LogP contribution in [0.2, 0.25) is 0 Å². The molecule has 0 amide bonds. The van der Waals surface area contributed by atoms with Crippen molar-refractivity contribution in [1.82, 2.24) is 9.88 Å². The largest absolute Gasteiger partial charge is 0.491 e. The van der Waals surface area contributed by atoms with Crippen LogP contribution in [0.25, 0.3) is 10.9 Å². The topological polar surface area (TPSA) is 28.3 Å². The zero-order valence-electron chi connectivity index (χ0n) is 21.7. The number of nitrogens with one attached hydrogen (secondary N) is 1. The number of rotatable bonds is 5. The summed E-state index contributed by atoms with van der Waals surface area (Å²) in [6, 6.07) is 9.50. The number of alkyl halides is 1. The first kappa shape index (κ1) is 27.8. The van der Waals surface area contributed by atoms with Gasteiger partial charge in [0.25, 0.3) is 0 Å². The number of halogens is 3. The number of benzene rings is 2. The van der Waals surface area contributed by atoms with Crippen LogP contribution in [-0.2, 0) is 6.42 Å². The molecule has 1 aliphatic rings.